The van der Waals surface area contributed by atoms with Gasteiger partial charge < -0.3 is 22.5 Å². The van der Waals surface area contributed by atoms with Gasteiger partial charge >= 0.3 is 0 Å². The Hall–Kier alpha value is -2.48. The summed E-state index contributed by atoms with van der Waals surface area (Å²) in [6.45, 7) is 1.91. The van der Waals surface area contributed by atoms with Gasteiger partial charge in [-0.15, -0.1) is 0 Å². The third kappa shape index (κ3) is 3.76. The third-order valence-corrected chi connectivity index (χ3v) is 3.24. The molecule has 2 rings (SSSR count). The van der Waals surface area contributed by atoms with Gasteiger partial charge in [-0.3, -0.25) is 9.79 Å². The highest BCUT2D eigenvalue weighted by molar-refractivity contribution is 6.09. The summed E-state index contributed by atoms with van der Waals surface area (Å²) < 4.78 is 0. The van der Waals surface area contributed by atoms with Gasteiger partial charge in [0.2, 0.25) is 0 Å². The van der Waals surface area contributed by atoms with E-state index in [9.17, 15) is 4.79 Å². The van der Waals surface area contributed by atoms with Gasteiger partial charge in [0.15, 0.2) is 11.5 Å². The molecule has 1 aromatic heterocycles. The lowest BCUT2D eigenvalue weighted by atomic mass is 10.1. The van der Waals surface area contributed by atoms with E-state index in [1.165, 1.54) is 12.4 Å². The molecule has 1 aromatic rings. The molecular formula is C13H19N7O. The first-order valence-electron chi connectivity index (χ1n) is 6.70. The monoisotopic (exact) mass is 289 g/mol. The van der Waals surface area contributed by atoms with Crippen molar-refractivity contribution < 1.29 is 4.79 Å². The number of nitrogens with zero attached hydrogens (tertiary/aromatic N) is 3. The maximum absolute atomic E-state index is 11.2. The molecule has 8 heteroatoms. The number of nitrogens with one attached hydrogen (secondary N) is 1. The van der Waals surface area contributed by atoms with Crippen molar-refractivity contribution in [2.75, 3.05) is 18.8 Å². The predicted octanol–water partition coefficient (Wildman–Crippen LogP) is -0.720. The van der Waals surface area contributed by atoms with Crippen LogP contribution in [0.25, 0.3) is 5.57 Å². The predicted molar refractivity (Wildman–Crippen MR) is 81.5 cm³/mol. The summed E-state index contributed by atoms with van der Waals surface area (Å²) in [7, 11) is 0. The van der Waals surface area contributed by atoms with Gasteiger partial charge in [0.1, 0.15) is 0 Å². The van der Waals surface area contributed by atoms with E-state index >= 15 is 0 Å². The summed E-state index contributed by atoms with van der Waals surface area (Å²) in [5.41, 5.74) is 17.3. The topological polar surface area (TPSA) is 145 Å². The van der Waals surface area contributed by atoms with Crippen molar-refractivity contribution in [1.82, 2.24) is 15.3 Å². The van der Waals surface area contributed by atoms with Gasteiger partial charge in [0, 0.05) is 18.0 Å². The molecule has 0 saturated carbocycles. The first-order chi connectivity index (χ1) is 10.1. The van der Waals surface area contributed by atoms with Crippen LogP contribution >= 0.6 is 0 Å². The molecule has 0 spiro atoms. The van der Waals surface area contributed by atoms with Gasteiger partial charge in [-0.2, -0.15) is 0 Å². The molecule has 0 unspecified atom stereocenters. The van der Waals surface area contributed by atoms with Gasteiger partial charge in [0.05, 0.1) is 17.9 Å². The van der Waals surface area contributed by atoms with Crippen LogP contribution in [0.1, 0.15) is 29.0 Å². The number of carbonyl (C=O) groups excluding carboxylic acids is 1. The molecule has 7 N–H and O–H groups in total. The fraction of sp³-hybridized carbons (Fsp3) is 0.385. The van der Waals surface area contributed by atoms with Crippen LogP contribution in [-0.4, -0.2) is 41.2 Å². The number of nitrogen functional groups attached to an aromatic ring is 1. The van der Waals surface area contributed by atoms with E-state index in [-0.39, 0.29) is 17.6 Å². The molecule has 21 heavy (non-hydrogen) atoms. The summed E-state index contributed by atoms with van der Waals surface area (Å²) in [4.78, 5) is 23.7. The SMILES string of the molecule is NC=C(C=NC1CCNCC1)c1cnc(N)c(C(N)=O)n1. The maximum Gasteiger partial charge on any atom is 0.271 e. The van der Waals surface area contributed by atoms with Crippen LogP contribution in [0.5, 0.6) is 0 Å². The normalized spacial score (nSPS) is 17.2. The molecule has 8 nitrogen and oxygen atoms in total. The Labute approximate surface area is 122 Å². The minimum Gasteiger partial charge on any atom is -0.404 e. The van der Waals surface area contributed by atoms with Crippen LogP contribution in [-0.2, 0) is 0 Å². The van der Waals surface area contributed by atoms with Gasteiger partial charge in [-0.1, -0.05) is 0 Å². The highest BCUT2D eigenvalue weighted by Gasteiger charge is 2.13. The Kier molecular flexibility index (Phi) is 4.83. The van der Waals surface area contributed by atoms with E-state index in [0.717, 1.165) is 25.9 Å². The summed E-state index contributed by atoms with van der Waals surface area (Å²) in [5, 5.41) is 3.27. The van der Waals surface area contributed by atoms with Gasteiger partial charge in [-0.05, 0) is 25.9 Å². The number of nitrogens with two attached hydrogens (primary N) is 3. The largest absolute Gasteiger partial charge is 0.404 e. The Morgan fingerprint density at radius 2 is 2.14 bits per heavy atom. The number of carbonyl (C=O) groups is 1. The zero-order valence-corrected chi connectivity index (χ0v) is 11.6. The van der Waals surface area contributed by atoms with E-state index in [2.05, 4.69) is 20.3 Å². The number of hydrogen-bond donors (Lipinski definition) is 4. The average Bonchev–Trinajstić information content (AvgIpc) is 2.50. The number of anilines is 1. The minimum atomic E-state index is -0.728. The summed E-state index contributed by atoms with van der Waals surface area (Å²) in [6.07, 6.45) is 6.42. The van der Waals surface area contributed by atoms with Crippen molar-refractivity contribution in [2.45, 2.75) is 18.9 Å². The molecule has 1 fully saturated rings. The highest BCUT2D eigenvalue weighted by atomic mass is 16.1. The molecule has 0 aromatic carbocycles. The number of rotatable bonds is 4. The van der Waals surface area contributed by atoms with Crippen molar-refractivity contribution in [3.05, 3.63) is 23.8 Å². The summed E-state index contributed by atoms with van der Waals surface area (Å²) >= 11 is 0. The molecule has 0 atom stereocenters. The molecule has 1 amide bonds. The standard InChI is InChI=1S/C13H19N7O/c14-5-8(6-18-9-1-3-17-4-2-9)10-7-19-12(15)11(20-10)13(16)21/h5-7,9,17H,1-4,14H2,(H2,15,19)(H2,16,21). The summed E-state index contributed by atoms with van der Waals surface area (Å²) in [5.74, 6) is -0.730. The Morgan fingerprint density at radius 3 is 2.76 bits per heavy atom. The number of hydrogen-bond acceptors (Lipinski definition) is 7. The number of aliphatic imine (C=N–C) groups is 1. The van der Waals surface area contributed by atoms with Crippen molar-refractivity contribution >= 4 is 23.5 Å². The number of amides is 1. The lowest BCUT2D eigenvalue weighted by Gasteiger charge is -2.18. The molecule has 2 heterocycles. The smallest absolute Gasteiger partial charge is 0.271 e. The zero-order chi connectivity index (χ0) is 15.2. The lowest BCUT2D eigenvalue weighted by Crippen LogP contribution is -2.29. The molecule has 0 bridgehead atoms. The van der Waals surface area contributed by atoms with Gasteiger partial charge in [0.25, 0.3) is 5.91 Å². The number of primary amides is 1. The molecule has 1 aliphatic rings. The van der Waals surface area contributed by atoms with E-state index in [0.29, 0.717) is 11.3 Å². The van der Waals surface area contributed by atoms with Crippen LogP contribution in [0.4, 0.5) is 5.82 Å². The molecule has 1 aliphatic heterocycles. The van der Waals surface area contributed by atoms with E-state index in [1.807, 2.05) is 0 Å². The van der Waals surface area contributed by atoms with Crippen LogP contribution in [0.15, 0.2) is 17.4 Å². The molecular weight excluding hydrogens is 270 g/mol. The molecule has 112 valence electrons. The van der Waals surface area contributed by atoms with Crippen molar-refractivity contribution in [3.63, 3.8) is 0 Å². The second kappa shape index (κ2) is 6.80. The Bertz CT molecular complexity index is 576. The first-order valence-corrected chi connectivity index (χ1v) is 6.70. The van der Waals surface area contributed by atoms with Crippen LogP contribution in [0.3, 0.4) is 0 Å². The Morgan fingerprint density at radius 1 is 1.43 bits per heavy atom. The fourth-order valence-electron chi connectivity index (χ4n) is 2.05. The maximum atomic E-state index is 11.2. The second-order valence-electron chi connectivity index (χ2n) is 4.73. The van der Waals surface area contributed by atoms with E-state index in [1.54, 1.807) is 6.21 Å². The van der Waals surface area contributed by atoms with Crippen LogP contribution in [0, 0.1) is 0 Å². The summed E-state index contributed by atoms with van der Waals surface area (Å²) in [6, 6.07) is 0.263. The van der Waals surface area contributed by atoms with E-state index < -0.39 is 5.91 Å². The Balaban J connectivity index is 2.19. The first kappa shape index (κ1) is 14.9. The van der Waals surface area contributed by atoms with Crippen molar-refractivity contribution in [3.8, 4) is 0 Å². The number of piperidine rings is 1. The van der Waals surface area contributed by atoms with Crippen molar-refractivity contribution in [1.29, 1.82) is 0 Å². The minimum absolute atomic E-state index is 0.00193. The molecule has 0 aliphatic carbocycles. The fourth-order valence-corrected chi connectivity index (χ4v) is 2.05. The average molecular weight is 289 g/mol. The second-order valence-corrected chi connectivity index (χ2v) is 4.73. The third-order valence-electron chi connectivity index (χ3n) is 3.24. The van der Waals surface area contributed by atoms with Crippen LogP contribution < -0.4 is 22.5 Å². The zero-order valence-electron chi connectivity index (χ0n) is 11.6. The quantitative estimate of drug-likeness (QED) is 0.538. The molecule has 0 radical (unpaired) electrons. The number of allylic oxidation sites excluding steroid dienone is 1. The van der Waals surface area contributed by atoms with Crippen molar-refractivity contribution in [2.24, 2.45) is 16.5 Å². The highest BCUT2D eigenvalue weighted by Crippen LogP contribution is 2.13. The molecule has 1 saturated heterocycles. The lowest BCUT2D eigenvalue weighted by molar-refractivity contribution is 0.0996. The van der Waals surface area contributed by atoms with Crippen LogP contribution in [0.2, 0.25) is 0 Å². The number of aromatic nitrogens is 2. The van der Waals surface area contributed by atoms with Gasteiger partial charge in [-0.25, -0.2) is 9.97 Å². The van der Waals surface area contributed by atoms with E-state index in [4.69, 9.17) is 17.2 Å².